The summed E-state index contributed by atoms with van der Waals surface area (Å²) in [4.78, 5) is 0. The zero-order valence-corrected chi connectivity index (χ0v) is 23.8. The summed E-state index contributed by atoms with van der Waals surface area (Å²) in [6.07, 6.45) is 0. The zero-order valence-electron chi connectivity index (χ0n) is 19.7. The number of hydrogen-bond acceptors (Lipinski definition) is 0. The van der Waals surface area contributed by atoms with Crippen LogP contribution in [-0.2, 0) is 26.2 Å². The largest absolute Gasteiger partial charge is 0.147 e. The van der Waals surface area contributed by atoms with Gasteiger partial charge in [0.2, 0.25) is 0 Å². The monoisotopic (exact) mass is 582 g/mol. The van der Waals surface area contributed by atoms with Gasteiger partial charge < -0.3 is 0 Å². The molecule has 5 aromatic carbocycles. The Morgan fingerprint density at radius 2 is 0.639 bits per heavy atom. The molecule has 0 saturated heterocycles. The van der Waals surface area contributed by atoms with E-state index in [-0.39, 0.29) is 51.0 Å². The van der Waals surface area contributed by atoms with Crippen LogP contribution >= 0.6 is 24.8 Å². The van der Waals surface area contributed by atoms with Crippen molar-refractivity contribution in [3.63, 3.8) is 0 Å². The molecule has 0 saturated carbocycles. The first-order chi connectivity index (χ1) is 16.4. The first kappa shape index (κ1) is 26.6. The molecule has 0 aliphatic heterocycles. The second-order valence-electron chi connectivity index (χ2n) is 9.24. The van der Waals surface area contributed by atoms with Crippen LogP contribution in [0.15, 0.2) is 127 Å². The van der Waals surface area contributed by atoms with Gasteiger partial charge in [-0.3, -0.25) is 0 Å². The van der Waals surface area contributed by atoms with Crippen molar-refractivity contribution in [2.24, 2.45) is 0 Å². The summed E-state index contributed by atoms with van der Waals surface area (Å²) in [5.41, 5.74) is 12.8. The smallest absolute Gasteiger partial charge is 0.0179 e. The summed E-state index contributed by atoms with van der Waals surface area (Å²) in [5, 5.41) is 0. The standard InChI is InChI=1S/C33H24.2ClH.Zr/c1-2-12-22(13-3-1)31(32-27-18-8-4-14-23(27)24-15-5-9-19-28(24)32)33-29-20-10-6-16-25(29)26-17-7-11-21-30(26)33;;;/h1-21,31-33H;2*1H;. The Hall–Kier alpha value is -2.44. The zero-order chi connectivity index (χ0) is 21.8. The van der Waals surface area contributed by atoms with Gasteiger partial charge in [-0.15, -0.1) is 24.8 Å². The Labute approximate surface area is 244 Å². The molecule has 0 unspecified atom stereocenters. The molecule has 0 aromatic heterocycles. The van der Waals surface area contributed by atoms with Crippen LogP contribution in [0.25, 0.3) is 22.3 Å². The van der Waals surface area contributed by atoms with E-state index < -0.39 is 0 Å². The number of halogens is 2. The maximum absolute atomic E-state index is 2.35. The minimum Gasteiger partial charge on any atom is -0.147 e. The van der Waals surface area contributed by atoms with Crippen LogP contribution in [0.1, 0.15) is 45.6 Å². The average molecular weight is 585 g/mol. The van der Waals surface area contributed by atoms with Crippen LogP contribution < -0.4 is 0 Å². The first-order valence-corrected chi connectivity index (χ1v) is 11.8. The second-order valence-corrected chi connectivity index (χ2v) is 9.24. The molecular weight excluding hydrogens is 558 g/mol. The fourth-order valence-corrected chi connectivity index (χ4v) is 6.42. The van der Waals surface area contributed by atoms with Crippen LogP contribution in [0.5, 0.6) is 0 Å². The molecule has 2 aliphatic carbocycles. The van der Waals surface area contributed by atoms with Crippen molar-refractivity contribution >= 4 is 24.8 Å². The SMILES string of the molecule is Cl.Cl.[Zr].c1ccc(C(C2c3ccccc3-c3ccccc32)C2c3ccccc3-c3ccccc32)cc1. The van der Waals surface area contributed by atoms with E-state index >= 15 is 0 Å². The van der Waals surface area contributed by atoms with Gasteiger partial charge in [0, 0.05) is 44.0 Å². The molecule has 36 heavy (non-hydrogen) atoms. The second kappa shape index (κ2) is 10.9. The van der Waals surface area contributed by atoms with E-state index in [0.717, 1.165) is 0 Å². The molecule has 3 heteroatoms. The molecular formula is C33H26Cl2Zr. The normalized spacial score (nSPS) is 12.9. The molecule has 0 heterocycles. The molecule has 0 nitrogen and oxygen atoms in total. The summed E-state index contributed by atoms with van der Waals surface area (Å²) in [6, 6.07) is 47.3. The van der Waals surface area contributed by atoms with Gasteiger partial charge in [0.15, 0.2) is 0 Å². The van der Waals surface area contributed by atoms with Gasteiger partial charge in [-0.25, -0.2) is 0 Å². The Morgan fingerprint density at radius 3 is 0.972 bits per heavy atom. The summed E-state index contributed by atoms with van der Waals surface area (Å²) in [7, 11) is 0. The first-order valence-electron chi connectivity index (χ1n) is 11.8. The van der Waals surface area contributed by atoms with Crippen molar-refractivity contribution in [1.82, 2.24) is 0 Å². The maximum atomic E-state index is 2.35. The van der Waals surface area contributed by atoms with E-state index in [0.29, 0.717) is 17.8 Å². The molecule has 2 aliphatic rings. The van der Waals surface area contributed by atoms with Crippen molar-refractivity contribution in [2.75, 3.05) is 0 Å². The third-order valence-electron chi connectivity index (χ3n) is 7.67. The van der Waals surface area contributed by atoms with Gasteiger partial charge in [-0.05, 0) is 50.1 Å². The summed E-state index contributed by atoms with van der Waals surface area (Å²) < 4.78 is 0. The van der Waals surface area contributed by atoms with Gasteiger partial charge in [-0.2, -0.15) is 0 Å². The van der Waals surface area contributed by atoms with E-state index in [2.05, 4.69) is 127 Å². The number of hydrogen-bond donors (Lipinski definition) is 0. The van der Waals surface area contributed by atoms with Gasteiger partial charge in [0.05, 0.1) is 0 Å². The Kier molecular flexibility index (Phi) is 8.06. The molecule has 0 amide bonds. The van der Waals surface area contributed by atoms with Crippen LogP contribution in [0.2, 0.25) is 0 Å². The van der Waals surface area contributed by atoms with E-state index in [4.69, 9.17) is 0 Å². The predicted octanol–water partition coefficient (Wildman–Crippen LogP) is 9.24. The third kappa shape index (κ3) is 4.03. The Balaban J connectivity index is 0.00000101. The van der Waals surface area contributed by atoms with Crippen molar-refractivity contribution in [3.8, 4) is 22.3 Å². The van der Waals surface area contributed by atoms with Crippen molar-refractivity contribution in [1.29, 1.82) is 0 Å². The quantitative estimate of drug-likeness (QED) is 0.198. The summed E-state index contributed by atoms with van der Waals surface area (Å²) in [6.45, 7) is 0. The number of fused-ring (bicyclic) bond motifs is 6. The molecule has 0 radical (unpaired) electrons. The Morgan fingerprint density at radius 1 is 0.361 bits per heavy atom. The van der Waals surface area contributed by atoms with E-state index in [1.165, 1.54) is 50.1 Å². The van der Waals surface area contributed by atoms with Gasteiger partial charge >= 0.3 is 0 Å². The Bertz CT molecular complexity index is 1310. The molecule has 0 spiro atoms. The molecule has 0 atom stereocenters. The van der Waals surface area contributed by atoms with Crippen molar-refractivity contribution in [2.45, 2.75) is 17.8 Å². The van der Waals surface area contributed by atoms with Gasteiger partial charge in [0.1, 0.15) is 0 Å². The summed E-state index contributed by atoms with van der Waals surface area (Å²) in [5.74, 6) is 0.925. The fraction of sp³-hybridized carbons (Fsp3) is 0.0909. The van der Waals surface area contributed by atoms with Crippen LogP contribution in [0.4, 0.5) is 0 Å². The molecule has 5 aromatic rings. The third-order valence-corrected chi connectivity index (χ3v) is 7.67. The van der Waals surface area contributed by atoms with E-state index in [9.17, 15) is 0 Å². The van der Waals surface area contributed by atoms with Crippen LogP contribution in [-0.4, -0.2) is 0 Å². The van der Waals surface area contributed by atoms with Gasteiger partial charge in [-0.1, -0.05) is 127 Å². The molecule has 0 bridgehead atoms. The number of rotatable bonds is 3. The maximum Gasteiger partial charge on any atom is 0.0179 e. The van der Waals surface area contributed by atoms with Gasteiger partial charge in [0.25, 0.3) is 0 Å². The summed E-state index contributed by atoms with van der Waals surface area (Å²) >= 11 is 0. The molecule has 0 N–H and O–H groups in total. The fourth-order valence-electron chi connectivity index (χ4n) is 6.42. The van der Waals surface area contributed by atoms with Crippen LogP contribution in [0.3, 0.4) is 0 Å². The van der Waals surface area contributed by atoms with Crippen LogP contribution in [0, 0.1) is 0 Å². The minimum absolute atomic E-state index is 0. The average Bonchev–Trinajstić information content (AvgIpc) is 3.39. The molecule has 7 rings (SSSR count). The minimum atomic E-state index is 0. The van der Waals surface area contributed by atoms with E-state index in [1.54, 1.807) is 0 Å². The van der Waals surface area contributed by atoms with Crippen molar-refractivity contribution in [3.05, 3.63) is 155 Å². The molecule has 176 valence electrons. The van der Waals surface area contributed by atoms with Crippen molar-refractivity contribution < 1.29 is 26.2 Å². The number of benzene rings is 5. The molecule has 0 fully saturated rings. The van der Waals surface area contributed by atoms with E-state index in [1.807, 2.05) is 0 Å². The topological polar surface area (TPSA) is 0 Å². The predicted molar refractivity (Wildman–Crippen MR) is 151 cm³/mol.